The van der Waals surface area contributed by atoms with Gasteiger partial charge in [-0.2, -0.15) is 0 Å². The maximum Gasteiger partial charge on any atom is 0.101 e. The van der Waals surface area contributed by atoms with Gasteiger partial charge in [-0.1, -0.05) is 0 Å². The van der Waals surface area contributed by atoms with Crippen LogP contribution in [-0.4, -0.2) is 32.0 Å². The van der Waals surface area contributed by atoms with Crippen molar-refractivity contribution in [1.82, 2.24) is 4.90 Å². The summed E-state index contributed by atoms with van der Waals surface area (Å²) in [7, 11) is 1.82. The van der Waals surface area contributed by atoms with Crippen molar-refractivity contribution in [2.45, 2.75) is 12.1 Å². The second-order valence-electron chi connectivity index (χ2n) is 24.3. The van der Waals surface area contributed by atoms with E-state index in [9.17, 15) is 0 Å². The molecule has 0 saturated heterocycles. The Morgan fingerprint density at radius 2 is 0.388 bits per heavy atom. The Labute approximate surface area is 364 Å². The Hall–Kier alpha value is -7.66. The molecule has 1 heterocycles. The average Bonchev–Trinajstić information content (AvgIpc) is 4.23. The van der Waals surface area contributed by atoms with Crippen LogP contribution in [0.2, 0.25) is 0 Å². The van der Waals surface area contributed by atoms with Crippen molar-refractivity contribution < 1.29 is 9.47 Å². The smallest absolute Gasteiger partial charge is 0.101 e. The normalized spacial score (nSPS) is 20.6. The molecule has 284 valence electrons. The Bertz CT molecular complexity index is 6670. The van der Waals surface area contributed by atoms with Crippen molar-refractivity contribution in [3.63, 3.8) is 0 Å². The van der Waals surface area contributed by atoms with Crippen LogP contribution in [0, 0.1) is 0 Å². The highest BCUT2D eigenvalue weighted by molar-refractivity contribution is 6.82. The van der Waals surface area contributed by atoms with Gasteiger partial charge in [0.25, 0.3) is 0 Å². The van der Waals surface area contributed by atoms with Crippen molar-refractivity contribution in [1.29, 1.82) is 0 Å². The molecule has 3 nitrogen and oxygen atoms in total. The number of nitrogens with zero attached hydrogens (tertiary/aromatic N) is 1. The molecule has 0 amide bonds. The Morgan fingerprint density at radius 1 is 0.224 bits per heavy atom. The first-order chi connectivity index (χ1) is 33.4. The minimum atomic E-state index is 0.115. The fourth-order valence-corrected chi connectivity index (χ4v) is 23.6. The van der Waals surface area contributed by atoms with Gasteiger partial charge in [0.15, 0.2) is 0 Å². The minimum Gasteiger partial charge on any atom is -0.382 e. The summed E-state index contributed by atoms with van der Waals surface area (Å²) in [6, 6.07) is 0.230. The summed E-state index contributed by atoms with van der Waals surface area (Å²) in [6.07, 6.45) is 0. The summed E-state index contributed by atoms with van der Waals surface area (Å²) in [5.74, 6) is 0. The van der Waals surface area contributed by atoms with Crippen LogP contribution in [0.1, 0.15) is 34.3 Å². The summed E-state index contributed by atoms with van der Waals surface area (Å²) in [5, 5.41) is 88.7. The highest BCUT2D eigenvalue weighted by Crippen LogP contribution is 2.81. The van der Waals surface area contributed by atoms with Crippen LogP contribution < -0.4 is 0 Å². The molecule has 0 bridgehead atoms. The Kier molecular flexibility index (Phi) is 2.23. The molecular weight excluding hydrogens is 815 g/mol. The van der Waals surface area contributed by atoms with Gasteiger partial charge in [-0.25, -0.2) is 0 Å². The van der Waals surface area contributed by atoms with E-state index >= 15 is 0 Å². The summed E-state index contributed by atoms with van der Waals surface area (Å²) >= 11 is 0. The van der Waals surface area contributed by atoms with Crippen LogP contribution in [-0.2, 0) is 9.47 Å². The van der Waals surface area contributed by atoms with Crippen LogP contribution in [0.4, 0.5) is 0 Å². The quantitative estimate of drug-likeness (QED) is 0.127. The van der Waals surface area contributed by atoms with Crippen LogP contribution in [0.5, 0.6) is 0 Å². The zero-order chi connectivity index (χ0) is 39.8. The molecule has 3 aliphatic rings. The molecule has 0 fully saturated rings. The molecule has 0 saturated carbocycles. The van der Waals surface area contributed by atoms with Gasteiger partial charge in [-0.3, -0.25) is 4.90 Å². The SMILES string of the molecule is COCCOCN1C2c3c4c5c6c7c8c(c9c%10c2c2c%11c3c3c%12c4c4c6c6c7c7c%13c8c9c8c9c%10c2c2c%10c%11c3c3c%11c%12c4c4c6c6c7c7c%13c8c8c9c2c2c%10c3c3c%11c4c6c4c7c8c2c34)C51. The third-order valence-electron chi connectivity index (χ3n) is 23.8. The fraction of sp³-hybridized carbons (Fsp3) is 0.0938. The van der Waals surface area contributed by atoms with E-state index in [1.165, 1.54) is 0 Å². The van der Waals surface area contributed by atoms with E-state index in [4.69, 9.17) is 9.47 Å². The highest BCUT2D eigenvalue weighted by atomic mass is 16.5. The molecule has 31 rings (SSSR count). The molecule has 2 unspecified atom stereocenters. The van der Waals surface area contributed by atoms with E-state index < -0.39 is 0 Å². The molecule has 0 spiro atoms. The largest absolute Gasteiger partial charge is 0.382 e. The lowest BCUT2D eigenvalue weighted by Gasteiger charge is -2.45. The number of ether oxygens (including phenoxy) is 2. The Morgan fingerprint density at radius 3 is 0.612 bits per heavy atom. The van der Waals surface area contributed by atoms with Crippen LogP contribution >= 0.6 is 0 Å². The summed E-state index contributed by atoms with van der Waals surface area (Å²) in [6.45, 7) is 1.81. The van der Waals surface area contributed by atoms with Gasteiger partial charge in [0.1, 0.15) is 6.73 Å². The summed E-state index contributed by atoms with van der Waals surface area (Å²) in [4.78, 5) is 2.96. The number of fused-ring (bicyclic) bond motifs is 5. The lowest BCUT2D eigenvalue weighted by Crippen LogP contribution is -2.39. The topological polar surface area (TPSA) is 21.7 Å². The van der Waals surface area contributed by atoms with Crippen molar-refractivity contribution in [2.24, 2.45) is 0 Å². The van der Waals surface area contributed by atoms with Crippen molar-refractivity contribution in [2.75, 3.05) is 27.1 Å². The fourth-order valence-electron chi connectivity index (χ4n) is 23.6. The lowest BCUT2D eigenvalue weighted by molar-refractivity contribution is -0.0222. The third-order valence-corrected chi connectivity index (χ3v) is 23.8. The third kappa shape index (κ3) is 1.41. The number of hydrogen-bond acceptors (Lipinski definition) is 3. The molecule has 67 heavy (non-hydrogen) atoms. The summed E-state index contributed by atoms with van der Waals surface area (Å²) < 4.78 is 12.7. The molecule has 3 heteroatoms. The lowest BCUT2D eigenvalue weighted by atomic mass is 9.73. The van der Waals surface area contributed by atoms with Gasteiger partial charge < -0.3 is 9.47 Å². The standard InChI is InChI=1S/C64H11NO2/c1-66-2-3-67-4-65-63-59-52-45-33-25-16-7-5-6-8-11(7)20-27(25)35-36-28(20)26-17(8)19-15-10(6)13-12-9(5)14-18(16)31(33)39-37-23(14)21(12)29-30-22(13)24(15)38-40-32(19)34(26)46-48(36)57(56(59)47(35)45)60-53(46)51(40)55-44(38)42(30)49-41(29)43(37)54(50(39)52)61(63)58(49)62(55)64(60)65/h63-64H,2-4H2,1H3. The predicted octanol–water partition coefficient (Wildman–Crippen LogP) is 16.8. The predicted molar refractivity (Wildman–Crippen MR) is 281 cm³/mol. The van der Waals surface area contributed by atoms with Gasteiger partial charge in [-0.15, -0.1) is 0 Å². The van der Waals surface area contributed by atoms with Crippen LogP contribution in [0.25, 0.3) is 291 Å². The maximum absolute atomic E-state index is 7.02. The van der Waals surface area contributed by atoms with Crippen molar-refractivity contribution >= 4 is 291 Å². The van der Waals surface area contributed by atoms with E-state index in [-0.39, 0.29) is 12.1 Å². The van der Waals surface area contributed by atoms with Crippen molar-refractivity contribution in [3.8, 4) is 0 Å². The van der Waals surface area contributed by atoms with E-state index in [1.54, 1.807) is 313 Å². The molecular formula is C64H11NO2. The zero-order valence-corrected chi connectivity index (χ0v) is 34.5. The molecule has 28 aromatic rings. The van der Waals surface area contributed by atoms with E-state index in [1.807, 2.05) is 7.11 Å². The van der Waals surface area contributed by atoms with Crippen LogP contribution in [0.15, 0.2) is 0 Å². The van der Waals surface area contributed by atoms with Gasteiger partial charge in [0.2, 0.25) is 0 Å². The first-order valence-corrected chi connectivity index (χ1v) is 25.0. The van der Waals surface area contributed by atoms with E-state index in [0.717, 1.165) is 0 Å². The van der Waals surface area contributed by atoms with Crippen LogP contribution in [0.3, 0.4) is 0 Å². The average molecular weight is 826 g/mol. The molecule has 2 aliphatic carbocycles. The first kappa shape index (κ1) is 25.3. The maximum atomic E-state index is 7.02. The molecule has 0 aromatic heterocycles. The number of benzene rings is 17. The summed E-state index contributed by atoms with van der Waals surface area (Å²) in [5.41, 5.74) is 6.58. The van der Waals surface area contributed by atoms with Gasteiger partial charge >= 0.3 is 0 Å². The Balaban J connectivity index is 1.20. The van der Waals surface area contributed by atoms with Gasteiger partial charge in [0, 0.05) is 7.11 Å². The zero-order valence-electron chi connectivity index (χ0n) is 34.5. The molecule has 2 atom stereocenters. The molecule has 0 radical (unpaired) electrons. The van der Waals surface area contributed by atoms with E-state index in [2.05, 4.69) is 4.90 Å². The van der Waals surface area contributed by atoms with E-state index in [0.29, 0.717) is 19.9 Å². The molecule has 0 N–H and O–H groups in total. The molecule has 1 aliphatic heterocycles. The number of rotatable bonds is 5. The minimum absolute atomic E-state index is 0.115. The molecule has 28 aromatic carbocycles. The second-order valence-corrected chi connectivity index (χ2v) is 24.3. The first-order valence-electron chi connectivity index (χ1n) is 25.0. The monoisotopic (exact) mass is 825 g/mol. The van der Waals surface area contributed by atoms with Crippen molar-refractivity contribution in [3.05, 3.63) is 22.3 Å². The number of hydrogen-bond donors (Lipinski definition) is 0. The number of methoxy groups -OCH3 is 1. The second kappa shape index (κ2) is 5.90. The highest BCUT2D eigenvalue weighted by Gasteiger charge is 2.56. The van der Waals surface area contributed by atoms with Gasteiger partial charge in [-0.05, 0) is 313 Å². The van der Waals surface area contributed by atoms with Gasteiger partial charge in [0.05, 0.1) is 25.3 Å².